The Hall–Kier alpha value is -3.55. The van der Waals surface area contributed by atoms with E-state index < -0.39 is 0 Å². The molecular weight excluding hydrogens is 373 g/mol. The zero-order valence-corrected chi connectivity index (χ0v) is 15.7. The third-order valence-corrected chi connectivity index (χ3v) is 4.96. The van der Waals surface area contributed by atoms with Crippen LogP contribution in [-0.4, -0.2) is 50.8 Å². The summed E-state index contributed by atoms with van der Waals surface area (Å²) in [7, 11) is 0. The minimum absolute atomic E-state index is 0.0309. The third-order valence-electron chi connectivity index (χ3n) is 4.96. The van der Waals surface area contributed by atoms with Gasteiger partial charge in [-0.3, -0.25) is 9.59 Å². The van der Waals surface area contributed by atoms with E-state index in [1.54, 1.807) is 15.8 Å². The van der Waals surface area contributed by atoms with Gasteiger partial charge in [0.15, 0.2) is 5.69 Å². The van der Waals surface area contributed by atoms with Gasteiger partial charge in [0.25, 0.3) is 11.8 Å². The first-order chi connectivity index (χ1) is 14.1. The molecule has 0 saturated carbocycles. The van der Waals surface area contributed by atoms with Crippen LogP contribution in [0.15, 0.2) is 60.8 Å². The van der Waals surface area contributed by atoms with Gasteiger partial charge in [0.1, 0.15) is 5.82 Å². The summed E-state index contributed by atoms with van der Waals surface area (Å²) in [6.45, 7) is 1.04. The van der Waals surface area contributed by atoms with E-state index in [1.165, 1.54) is 24.3 Å². The summed E-state index contributed by atoms with van der Waals surface area (Å²) < 4.78 is 14.6. The fourth-order valence-electron chi connectivity index (χ4n) is 3.33. The Morgan fingerprint density at radius 1 is 1.00 bits per heavy atom. The molecule has 0 atom stereocenters. The number of carbonyl (C=O) groups is 2. The van der Waals surface area contributed by atoms with Gasteiger partial charge in [0, 0.05) is 24.7 Å². The molecule has 0 aliphatic carbocycles. The molecule has 0 spiro atoms. The van der Waals surface area contributed by atoms with Crippen LogP contribution in [-0.2, 0) is 0 Å². The van der Waals surface area contributed by atoms with Crippen molar-refractivity contribution in [3.63, 3.8) is 0 Å². The van der Waals surface area contributed by atoms with Crippen LogP contribution in [0, 0.1) is 5.82 Å². The second-order valence-electron chi connectivity index (χ2n) is 6.93. The molecule has 1 saturated heterocycles. The van der Waals surface area contributed by atoms with Crippen molar-refractivity contribution >= 4 is 11.8 Å². The molecule has 0 unspecified atom stereocenters. The lowest BCUT2D eigenvalue weighted by molar-refractivity contribution is 0.0692. The maximum atomic E-state index is 13.0. The van der Waals surface area contributed by atoms with E-state index in [-0.39, 0.29) is 23.7 Å². The lowest BCUT2D eigenvalue weighted by atomic mass is 10.0. The lowest BCUT2D eigenvalue weighted by Gasteiger charge is -2.31. The monoisotopic (exact) mass is 393 g/mol. The minimum Gasteiger partial charge on any atom is -0.349 e. The number of aromatic nitrogens is 3. The molecule has 7 nitrogen and oxygen atoms in total. The normalized spacial score (nSPS) is 14.6. The van der Waals surface area contributed by atoms with Crippen LogP contribution < -0.4 is 5.32 Å². The molecule has 1 aliphatic heterocycles. The summed E-state index contributed by atoms with van der Waals surface area (Å²) in [4.78, 5) is 26.7. The topological polar surface area (TPSA) is 80.1 Å². The SMILES string of the molecule is O=C(NC1CCN(C(=O)c2cn(-c3ccccc3)nn2)CC1)c1ccc(F)cc1. The van der Waals surface area contributed by atoms with Crippen molar-refractivity contribution in [2.24, 2.45) is 0 Å². The van der Waals surface area contributed by atoms with Gasteiger partial charge < -0.3 is 10.2 Å². The maximum absolute atomic E-state index is 13.0. The first-order valence-corrected chi connectivity index (χ1v) is 9.43. The zero-order chi connectivity index (χ0) is 20.2. The number of benzene rings is 2. The van der Waals surface area contributed by atoms with E-state index >= 15 is 0 Å². The summed E-state index contributed by atoms with van der Waals surface area (Å²) >= 11 is 0. The minimum atomic E-state index is -0.377. The molecule has 8 heteroatoms. The number of para-hydroxylation sites is 1. The Morgan fingerprint density at radius 3 is 2.38 bits per heavy atom. The van der Waals surface area contributed by atoms with E-state index in [4.69, 9.17) is 0 Å². The summed E-state index contributed by atoms with van der Waals surface area (Å²) in [5, 5.41) is 11.0. The molecule has 0 bridgehead atoms. The van der Waals surface area contributed by atoms with Gasteiger partial charge in [0.2, 0.25) is 0 Å². The van der Waals surface area contributed by atoms with E-state index in [2.05, 4.69) is 15.6 Å². The van der Waals surface area contributed by atoms with Crippen molar-refractivity contribution in [2.45, 2.75) is 18.9 Å². The van der Waals surface area contributed by atoms with Gasteiger partial charge in [-0.05, 0) is 49.2 Å². The highest BCUT2D eigenvalue weighted by Crippen LogP contribution is 2.15. The van der Waals surface area contributed by atoms with Crippen LogP contribution in [0.4, 0.5) is 4.39 Å². The van der Waals surface area contributed by atoms with Crippen molar-refractivity contribution in [1.29, 1.82) is 0 Å². The maximum Gasteiger partial charge on any atom is 0.276 e. The first-order valence-electron chi connectivity index (χ1n) is 9.43. The van der Waals surface area contributed by atoms with Gasteiger partial charge in [-0.15, -0.1) is 5.10 Å². The average Bonchev–Trinajstić information content (AvgIpc) is 3.25. The third kappa shape index (κ3) is 4.31. The van der Waals surface area contributed by atoms with Crippen LogP contribution in [0.25, 0.3) is 5.69 Å². The standard InChI is InChI=1S/C21H20FN5O2/c22-16-8-6-15(7-9-16)20(28)23-17-10-12-26(13-11-17)21(29)19-14-27(25-24-19)18-4-2-1-3-5-18/h1-9,14,17H,10-13H2,(H,23,28). The van der Waals surface area contributed by atoms with Crippen LogP contribution in [0.3, 0.4) is 0 Å². The number of rotatable bonds is 4. The van der Waals surface area contributed by atoms with E-state index in [0.717, 1.165) is 5.69 Å². The molecule has 1 N–H and O–H groups in total. The van der Waals surface area contributed by atoms with Crippen molar-refractivity contribution in [1.82, 2.24) is 25.2 Å². The van der Waals surface area contributed by atoms with Crippen LogP contribution in [0.1, 0.15) is 33.7 Å². The van der Waals surface area contributed by atoms with Crippen molar-refractivity contribution in [2.75, 3.05) is 13.1 Å². The van der Waals surface area contributed by atoms with Crippen molar-refractivity contribution in [3.05, 3.63) is 77.9 Å². The highest BCUT2D eigenvalue weighted by atomic mass is 19.1. The molecule has 1 aromatic heterocycles. The molecule has 2 heterocycles. The Kier molecular flexibility index (Phi) is 5.33. The molecule has 1 aliphatic rings. The summed E-state index contributed by atoms with van der Waals surface area (Å²) in [5.74, 6) is -0.784. The molecule has 3 aromatic rings. The Bertz CT molecular complexity index is 995. The van der Waals surface area contributed by atoms with Crippen LogP contribution in [0.2, 0.25) is 0 Å². The number of halogens is 1. The second-order valence-corrected chi connectivity index (χ2v) is 6.93. The first kappa shape index (κ1) is 18.8. The number of nitrogens with one attached hydrogen (secondary N) is 1. The van der Waals surface area contributed by atoms with Crippen LogP contribution >= 0.6 is 0 Å². The number of hydrogen-bond donors (Lipinski definition) is 1. The fourth-order valence-corrected chi connectivity index (χ4v) is 3.33. The zero-order valence-electron chi connectivity index (χ0n) is 15.7. The predicted molar refractivity (Wildman–Crippen MR) is 104 cm³/mol. The largest absolute Gasteiger partial charge is 0.349 e. The molecule has 148 valence electrons. The van der Waals surface area contributed by atoms with Gasteiger partial charge in [-0.25, -0.2) is 9.07 Å². The molecule has 1 fully saturated rings. The number of piperidine rings is 1. The molecule has 2 amide bonds. The summed E-state index contributed by atoms with van der Waals surface area (Å²) in [5.41, 5.74) is 1.55. The summed E-state index contributed by atoms with van der Waals surface area (Å²) in [6.07, 6.45) is 2.91. The Labute approximate surface area is 167 Å². The average molecular weight is 393 g/mol. The highest BCUT2D eigenvalue weighted by Gasteiger charge is 2.26. The van der Waals surface area contributed by atoms with Crippen LogP contribution in [0.5, 0.6) is 0 Å². The quantitative estimate of drug-likeness (QED) is 0.738. The number of amides is 2. The molecule has 0 radical (unpaired) electrons. The number of nitrogens with zero attached hydrogens (tertiary/aromatic N) is 4. The van der Waals surface area contributed by atoms with Crippen molar-refractivity contribution < 1.29 is 14.0 Å². The Balaban J connectivity index is 1.32. The second kappa shape index (κ2) is 8.22. The van der Waals surface area contributed by atoms with E-state index in [1.807, 2.05) is 30.3 Å². The molecule has 2 aromatic carbocycles. The predicted octanol–water partition coefficient (Wildman–Crippen LogP) is 2.44. The van der Waals surface area contributed by atoms with Crippen molar-refractivity contribution in [3.8, 4) is 5.69 Å². The summed E-state index contributed by atoms with van der Waals surface area (Å²) in [6, 6.07) is 14.9. The van der Waals surface area contributed by atoms with Gasteiger partial charge in [0.05, 0.1) is 11.9 Å². The highest BCUT2D eigenvalue weighted by molar-refractivity contribution is 5.94. The Morgan fingerprint density at radius 2 is 1.69 bits per heavy atom. The molecule has 29 heavy (non-hydrogen) atoms. The molecule has 4 rings (SSSR count). The smallest absolute Gasteiger partial charge is 0.276 e. The van der Waals surface area contributed by atoms with Gasteiger partial charge in [-0.2, -0.15) is 0 Å². The number of carbonyl (C=O) groups excluding carboxylic acids is 2. The fraction of sp³-hybridized carbons (Fsp3) is 0.238. The van der Waals surface area contributed by atoms with E-state index in [0.29, 0.717) is 37.2 Å². The van der Waals surface area contributed by atoms with E-state index in [9.17, 15) is 14.0 Å². The lowest BCUT2D eigenvalue weighted by Crippen LogP contribution is -2.46. The molecular formula is C21H20FN5O2. The number of hydrogen-bond acceptors (Lipinski definition) is 4. The number of likely N-dealkylation sites (tertiary alicyclic amines) is 1. The van der Waals surface area contributed by atoms with Gasteiger partial charge in [-0.1, -0.05) is 23.4 Å². The van der Waals surface area contributed by atoms with Gasteiger partial charge >= 0.3 is 0 Å².